The number of nitrogens with one attached hydrogen (secondary N) is 2. The molecule has 2 aromatic heterocycles. The minimum atomic E-state index is -0.182. The third-order valence-corrected chi connectivity index (χ3v) is 2.85. The van der Waals surface area contributed by atoms with Crippen molar-refractivity contribution < 1.29 is 9.21 Å². The second-order valence-corrected chi connectivity index (χ2v) is 4.39. The van der Waals surface area contributed by atoms with Gasteiger partial charge >= 0.3 is 0 Å². The summed E-state index contributed by atoms with van der Waals surface area (Å²) in [5, 5.41) is 5.88. The lowest BCUT2D eigenvalue weighted by molar-refractivity contribution is 0.0951. The van der Waals surface area contributed by atoms with Gasteiger partial charge in [0.1, 0.15) is 11.5 Å². The average Bonchev–Trinajstić information content (AvgIpc) is 2.76. The molecule has 0 unspecified atom stereocenters. The number of aryl methyl sites for hydroxylation is 2. The Morgan fingerprint density at radius 1 is 1.40 bits per heavy atom. The zero-order valence-electron chi connectivity index (χ0n) is 11.9. The number of rotatable bonds is 5. The van der Waals surface area contributed by atoms with Gasteiger partial charge in [0, 0.05) is 18.4 Å². The molecule has 2 heterocycles. The summed E-state index contributed by atoms with van der Waals surface area (Å²) in [6.45, 7) is 6.70. The smallest absolute Gasteiger partial charge is 0.269 e. The highest BCUT2D eigenvalue weighted by molar-refractivity contribution is 5.93. The molecule has 0 spiro atoms. The highest BCUT2D eigenvalue weighted by atomic mass is 16.4. The molecule has 2 aromatic rings. The lowest BCUT2D eigenvalue weighted by Crippen LogP contribution is -2.23. The third-order valence-electron chi connectivity index (χ3n) is 2.85. The first-order valence-corrected chi connectivity index (χ1v) is 6.51. The largest absolute Gasteiger partial charge is 0.444 e. The first-order valence-electron chi connectivity index (χ1n) is 6.51. The van der Waals surface area contributed by atoms with E-state index in [1.165, 1.54) is 0 Å². The summed E-state index contributed by atoms with van der Waals surface area (Å²) >= 11 is 0. The third kappa shape index (κ3) is 3.34. The lowest BCUT2D eigenvalue weighted by atomic mass is 10.3. The molecule has 0 aromatic carbocycles. The Balaban J connectivity index is 2.02. The van der Waals surface area contributed by atoms with Gasteiger partial charge in [-0.15, -0.1) is 0 Å². The maximum absolute atomic E-state index is 11.7. The number of carbonyl (C=O) groups is 1. The van der Waals surface area contributed by atoms with E-state index < -0.39 is 0 Å². The lowest BCUT2D eigenvalue weighted by Gasteiger charge is -2.06. The summed E-state index contributed by atoms with van der Waals surface area (Å²) in [5.41, 5.74) is 2.07. The summed E-state index contributed by atoms with van der Waals surface area (Å²) in [5.74, 6) is 1.26. The van der Waals surface area contributed by atoms with Gasteiger partial charge in [-0.05, 0) is 32.9 Å². The molecule has 0 fully saturated rings. The van der Waals surface area contributed by atoms with Crippen LogP contribution in [-0.4, -0.2) is 22.4 Å². The van der Waals surface area contributed by atoms with Gasteiger partial charge in [-0.1, -0.05) is 0 Å². The van der Waals surface area contributed by atoms with Crippen LogP contribution >= 0.6 is 0 Å². The van der Waals surface area contributed by atoms with Crippen LogP contribution in [0, 0.1) is 13.8 Å². The molecular formula is C14H18N4O2. The molecule has 6 heteroatoms. The number of amides is 1. The monoisotopic (exact) mass is 274 g/mol. The maximum atomic E-state index is 11.7. The number of nitrogens with zero attached hydrogens (tertiary/aromatic N) is 2. The van der Waals surface area contributed by atoms with Gasteiger partial charge in [-0.2, -0.15) is 0 Å². The van der Waals surface area contributed by atoms with Gasteiger partial charge in [-0.25, -0.2) is 4.98 Å². The van der Waals surface area contributed by atoms with Gasteiger partial charge in [0.15, 0.2) is 0 Å². The molecule has 1 amide bonds. The molecule has 0 aliphatic carbocycles. The highest BCUT2D eigenvalue weighted by Gasteiger charge is 2.08. The molecule has 2 N–H and O–H groups in total. The van der Waals surface area contributed by atoms with E-state index in [0.29, 0.717) is 24.7 Å². The van der Waals surface area contributed by atoms with Crippen molar-refractivity contribution >= 4 is 11.6 Å². The van der Waals surface area contributed by atoms with Crippen LogP contribution in [0.3, 0.4) is 0 Å². The molecule has 2 rings (SSSR count). The topological polar surface area (TPSA) is 80.0 Å². The normalized spacial score (nSPS) is 10.3. The number of hydrogen-bond donors (Lipinski definition) is 2. The highest BCUT2D eigenvalue weighted by Crippen LogP contribution is 2.12. The summed E-state index contributed by atoms with van der Waals surface area (Å²) < 4.78 is 5.48. The van der Waals surface area contributed by atoms with E-state index in [9.17, 15) is 4.79 Å². The van der Waals surface area contributed by atoms with Crippen molar-refractivity contribution in [3.05, 3.63) is 41.4 Å². The van der Waals surface area contributed by atoms with Crippen LogP contribution in [0.4, 0.5) is 5.69 Å². The van der Waals surface area contributed by atoms with Gasteiger partial charge in [-0.3, -0.25) is 9.78 Å². The molecule has 6 nitrogen and oxygen atoms in total. The molecule has 0 saturated carbocycles. The molecular weight excluding hydrogens is 256 g/mol. The Kier molecular flexibility index (Phi) is 4.34. The number of oxazole rings is 1. The number of anilines is 1. The predicted molar refractivity (Wildman–Crippen MR) is 75.5 cm³/mol. The standard InChI is InChI=1S/C14H18N4O2/c1-4-15-14(19)12-7-11(5-6-16-12)17-8-13-18-9(2)10(3)20-13/h5-7H,4,8H2,1-3H3,(H,15,19)(H,16,17). The number of hydrogen-bond acceptors (Lipinski definition) is 5. The minimum absolute atomic E-state index is 0.182. The van der Waals surface area contributed by atoms with E-state index in [1.54, 1.807) is 18.3 Å². The SMILES string of the molecule is CCNC(=O)c1cc(NCc2nc(C)c(C)o2)ccn1. The summed E-state index contributed by atoms with van der Waals surface area (Å²) in [4.78, 5) is 20.0. The van der Waals surface area contributed by atoms with Crippen molar-refractivity contribution in [3.8, 4) is 0 Å². The Labute approximate surface area is 117 Å². The molecule has 0 aliphatic heterocycles. The summed E-state index contributed by atoms with van der Waals surface area (Å²) in [7, 11) is 0. The van der Waals surface area contributed by atoms with E-state index in [-0.39, 0.29) is 5.91 Å². The Bertz CT molecular complexity index is 587. The van der Waals surface area contributed by atoms with Crippen LogP contribution in [-0.2, 0) is 6.54 Å². The Morgan fingerprint density at radius 2 is 2.20 bits per heavy atom. The Morgan fingerprint density at radius 3 is 2.85 bits per heavy atom. The van der Waals surface area contributed by atoms with Crippen molar-refractivity contribution in [2.75, 3.05) is 11.9 Å². The van der Waals surface area contributed by atoms with E-state index in [2.05, 4.69) is 20.6 Å². The first-order chi connectivity index (χ1) is 9.60. The second-order valence-electron chi connectivity index (χ2n) is 4.39. The van der Waals surface area contributed by atoms with E-state index in [0.717, 1.165) is 17.1 Å². The quantitative estimate of drug-likeness (QED) is 0.872. The molecule has 0 radical (unpaired) electrons. The van der Waals surface area contributed by atoms with Crippen LogP contribution in [0.1, 0.15) is 34.8 Å². The predicted octanol–water partition coefficient (Wildman–Crippen LogP) is 2.05. The molecule has 0 bridgehead atoms. The number of pyridine rings is 1. The minimum Gasteiger partial charge on any atom is -0.444 e. The van der Waals surface area contributed by atoms with Crippen LogP contribution in [0.25, 0.3) is 0 Å². The number of aromatic nitrogens is 2. The van der Waals surface area contributed by atoms with Crippen molar-refractivity contribution in [1.29, 1.82) is 0 Å². The fourth-order valence-electron chi connectivity index (χ4n) is 1.71. The van der Waals surface area contributed by atoms with Gasteiger partial charge in [0.05, 0.1) is 12.2 Å². The molecule has 0 saturated heterocycles. The zero-order chi connectivity index (χ0) is 14.5. The van der Waals surface area contributed by atoms with Gasteiger partial charge in [0.25, 0.3) is 5.91 Å². The average molecular weight is 274 g/mol. The van der Waals surface area contributed by atoms with Crippen LogP contribution in [0.5, 0.6) is 0 Å². The van der Waals surface area contributed by atoms with Crippen LogP contribution < -0.4 is 10.6 Å². The van der Waals surface area contributed by atoms with Crippen molar-refractivity contribution in [1.82, 2.24) is 15.3 Å². The second kappa shape index (κ2) is 6.18. The van der Waals surface area contributed by atoms with Crippen molar-refractivity contribution in [2.45, 2.75) is 27.3 Å². The Hall–Kier alpha value is -2.37. The van der Waals surface area contributed by atoms with E-state index in [4.69, 9.17) is 4.42 Å². The number of carbonyl (C=O) groups excluding carboxylic acids is 1. The fourth-order valence-corrected chi connectivity index (χ4v) is 1.71. The van der Waals surface area contributed by atoms with Crippen LogP contribution in [0.2, 0.25) is 0 Å². The van der Waals surface area contributed by atoms with Crippen molar-refractivity contribution in [2.24, 2.45) is 0 Å². The molecule has 0 atom stereocenters. The summed E-state index contributed by atoms with van der Waals surface area (Å²) in [6.07, 6.45) is 1.60. The maximum Gasteiger partial charge on any atom is 0.269 e. The molecule has 106 valence electrons. The van der Waals surface area contributed by atoms with Crippen LogP contribution in [0.15, 0.2) is 22.7 Å². The fraction of sp³-hybridized carbons (Fsp3) is 0.357. The van der Waals surface area contributed by atoms with Crippen molar-refractivity contribution in [3.63, 3.8) is 0 Å². The van der Waals surface area contributed by atoms with Gasteiger partial charge in [0.2, 0.25) is 5.89 Å². The summed E-state index contributed by atoms with van der Waals surface area (Å²) in [6, 6.07) is 3.50. The van der Waals surface area contributed by atoms with E-state index >= 15 is 0 Å². The van der Waals surface area contributed by atoms with Gasteiger partial charge < -0.3 is 15.1 Å². The molecule has 0 aliphatic rings. The zero-order valence-corrected chi connectivity index (χ0v) is 11.9. The molecule has 20 heavy (non-hydrogen) atoms. The van der Waals surface area contributed by atoms with E-state index in [1.807, 2.05) is 20.8 Å². The first kappa shape index (κ1) is 14.0.